The van der Waals surface area contributed by atoms with E-state index in [4.69, 9.17) is 0 Å². The van der Waals surface area contributed by atoms with Crippen LogP contribution in [0.4, 0.5) is 0 Å². The van der Waals surface area contributed by atoms with Gasteiger partial charge in [0.2, 0.25) is 0 Å². The number of nitrogens with zero attached hydrogens (tertiary/aromatic N) is 2. The normalized spacial score (nSPS) is 15.1. The zero-order valence-electron chi connectivity index (χ0n) is 9.03. The highest BCUT2D eigenvalue weighted by molar-refractivity contribution is 7.79. The van der Waals surface area contributed by atoms with Gasteiger partial charge in [-0.05, 0) is 30.7 Å². The Hall–Kier alpha value is -0.770. The van der Waals surface area contributed by atoms with Gasteiger partial charge >= 0.3 is 5.16 Å². The number of hydrogen-bond donors (Lipinski definition) is 2. The first-order chi connectivity index (χ1) is 7.24. The fourth-order valence-corrected chi connectivity index (χ4v) is 2.44. The molecule has 4 heteroatoms. The van der Waals surface area contributed by atoms with Crippen LogP contribution in [0.15, 0.2) is 5.16 Å². The molecule has 1 N–H and O–H groups in total. The lowest BCUT2D eigenvalue weighted by Gasteiger charge is -2.13. The van der Waals surface area contributed by atoms with Gasteiger partial charge in [0.1, 0.15) is 0 Å². The lowest BCUT2D eigenvalue weighted by Crippen LogP contribution is -2.38. The van der Waals surface area contributed by atoms with Crippen molar-refractivity contribution in [1.29, 1.82) is 0 Å². The van der Waals surface area contributed by atoms with E-state index < -0.39 is 0 Å². The Balaban J connectivity index is 2.49. The average Bonchev–Trinajstić information content (AvgIpc) is 2.24. The minimum absolute atomic E-state index is 0.381. The van der Waals surface area contributed by atoms with Crippen molar-refractivity contribution in [2.75, 3.05) is 0 Å². The maximum Gasteiger partial charge on any atom is 0.359 e. The quantitative estimate of drug-likeness (QED) is 0.456. The smallest absolute Gasteiger partial charge is 0.359 e. The molecule has 0 bridgehead atoms. The van der Waals surface area contributed by atoms with Gasteiger partial charge in [0, 0.05) is 6.42 Å². The third-order valence-electron chi connectivity index (χ3n) is 2.89. The highest BCUT2D eigenvalue weighted by Crippen LogP contribution is 2.25. The molecule has 1 aromatic heterocycles. The lowest BCUT2D eigenvalue weighted by molar-refractivity contribution is -0.741. The Bertz CT molecular complexity index is 379. The first kappa shape index (κ1) is 10.7. The maximum absolute atomic E-state index is 10.1. The number of hydrogen-bond acceptors (Lipinski definition) is 3. The first-order valence-electron chi connectivity index (χ1n) is 5.57. The third-order valence-corrected chi connectivity index (χ3v) is 3.23. The summed E-state index contributed by atoms with van der Waals surface area (Å²) < 4.78 is 1.80. The molecule has 1 aromatic rings. The molecule has 1 aliphatic carbocycles. The highest BCUT2D eigenvalue weighted by atomic mass is 32.1. The predicted octanol–water partition coefficient (Wildman–Crippen LogP) is 1.65. The summed E-state index contributed by atoms with van der Waals surface area (Å²) in [6, 6.07) is 0. The monoisotopic (exact) mass is 225 g/mol. The fourth-order valence-electron chi connectivity index (χ4n) is 2.12. The molecule has 0 saturated heterocycles. The summed E-state index contributed by atoms with van der Waals surface area (Å²) in [6.45, 7) is 2.87. The Morgan fingerprint density at radius 3 is 2.87 bits per heavy atom. The van der Waals surface area contributed by atoms with Crippen LogP contribution in [0, 0.1) is 0 Å². The zero-order valence-corrected chi connectivity index (χ0v) is 9.93. The van der Waals surface area contributed by atoms with Crippen LogP contribution in [-0.4, -0.2) is 10.1 Å². The van der Waals surface area contributed by atoms with Crippen molar-refractivity contribution in [3.05, 3.63) is 11.3 Å². The summed E-state index contributed by atoms with van der Waals surface area (Å²) in [6.07, 6.45) is 5.23. The van der Waals surface area contributed by atoms with Crippen LogP contribution in [0.2, 0.25) is 0 Å². The first-order valence-corrected chi connectivity index (χ1v) is 6.02. The molecule has 0 atom stereocenters. The van der Waals surface area contributed by atoms with Gasteiger partial charge < -0.3 is 5.11 Å². The second-order valence-electron chi connectivity index (χ2n) is 4.02. The maximum atomic E-state index is 10.1. The zero-order chi connectivity index (χ0) is 10.8. The van der Waals surface area contributed by atoms with Crippen LogP contribution in [-0.2, 0) is 19.4 Å². The number of rotatable bonds is 2. The summed E-state index contributed by atoms with van der Waals surface area (Å²) in [4.78, 5) is 4.46. The second kappa shape index (κ2) is 4.39. The standard InChI is InChI=1S/C11H16N2OS/c1-2-7-13-10(14)8-5-3-4-6-9(8)12-11(13)15/h2-7H2,1H3,(H,12,14,15)/p+1. The topological polar surface area (TPSA) is 37.0 Å². The van der Waals surface area contributed by atoms with Crippen LogP contribution < -0.4 is 4.57 Å². The van der Waals surface area contributed by atoms with E-state index in [-0.39, 0.29) is 0 Å². The Morgan fingerprint density at radius 1 is 1.40 bits per heavy atom. The Kier molecular flexibility index (Phi) is 3.14. The lowest BCUT2D eigenvalue weighted by atomic mass is 9.97. The molecule has 0 amide bonds. The summed E-state index contributed by atoms with van der Waals surface area (Å²) in [7, 11) is 0. The second-order valence-corrected chi connectivity index (χ2v) is 4.42. The van der Waals surface area contributed by atoms with E-state index >= 15 is 0 Å². The molecule has 3 nitrogen and oxygen atoms in total. The Labute approximate surface area is 95.6 Å². The van der Waals surface area contributed by atoms with Crippen LogP contribution in [0.1, 0.15) is 37.4 Å². The molecular weight excluding hydrogens is 208 g/mol. The van der Waals surface area contributed by atoms with E-state index in [0.29, 0.717) is 11.0 Å². The van der Waals surface area contributed by atoms with Gasteiger partial charge in [-0.2, -0.15) is 4.57 Å². The molecular formula is C11H17N2OS+. The van der Waals surface area contributed by atoms with E-state index in [9.17, 15) is 5.11 Å². The summed E-state index contributed by atoms with van der Waals surface area (Å²) in [5, 5.41) is 10.8. The van der Waals surface area contributed by atoms with Crippen molar-refractivity contribution >= 4 is 12.6 Å². The van der Waals surface area contributed by atoms with Crippen molar-refractivity contribution < 1.29 is 9.67 Å². The molecule has 82 valence electrons. The van der Waals surface area contributed by atoms with E-state index in [1.807, 2.05) is 0 Å². The van der Waals surface area contributed by atoms with E-state index in [1.165, 1.54) is 6.42 Å². The van der Waals surface area contributed by atoms with Crippen LogP contribution in [0.25, 0.3) is 0 Å². The molecule has 1 aliphatic rings. The molecule has 0 aromatic carbocycles. The molecule has 2 rings (SSSR count). The van der Waals surface area contributed by atoms with Gasteiger partial charge in [0.15, 0.2) is 5.69 Å². The summed E-state index contributed by atoms with van der Waals surface area (Å²) in [5.41, 5.74) is 2.07. The van der Waals surface area contributed by atoms with E-state index in [2.05, 4.69) is 24.5 Å². The predicted molar refractivity (Wildman–Crippen MR) is 60.3 cm³/mol. The minimum Gasteiger partial charge on any atom is -0.477 e. The van der Waals surface area contributed by atoms with Gasteiger partial charge in [0.05, 0.1) is 12.1 Å². The van der Waals surface area contributed by atoms with Gasteiger partial charge in [-0.25, -0.2) is 0 Å². The molecule has 0 fully saturated rings. The van der Waals surface area contributed by atoms with Crippen molar-refractivity contribution in [1.82, 2.24) is 4.98 Å². The largest absolute Gasteiger partial charge is 0.477 e. The Morgan fingerprint density at radius 2 is 2.13 bits per heavy atom. The summed E-state index contributed by atoms with van der Waals surface area (Å²) >= 11 is 4.33. The van der Waals surface area contributed by atoms with E-state index in [0.717, 1.165) is 43.5 Å². The van der Waals surface area contributed by atoms with Crippen molar-refractivity contribution in [3.63, 3.8) is 0 Å². The highest BCUT2D eigenvalue weighted by Gasteiger charge is 2.26. The van der Waals surface area contributed by atoms with Crippen molar-refractivity contribution in [2.24, 2.45) is 0 Å². The average molecular weight is 225 g/mol. The molecule has 0 saturated carbocycles. The minimum atomic E-state index is 0.381. The number of aromatic hydroxyl groups is 1. The SMILES string of the molecule is CCC[n+]1c(S)nc2c(c1O)CCCC2. The number of fused-ring (bicyclic) bond motifs is 1. The molecule has 0 spiro atoms. The fraction of sp³-hybridized carbons (Fsp3) is 0.636. The number of thiol groups is 1. The molecule has 15 heavy (non-hydrogen) atoms. The van der Waals surface area contributed by atoms with Crippen LogP contribution in [0.5, 0.6) is 5.88 Å². The van der Waals surface area contributed by atoms with Gasteiger partial charge in [-0.1, -0.05) is 19.6 Å². The van der Waals surface area contributed by atoms with Crippen molar-refractivity contribution in [3.8, 4) is 5.88 Å². The number of aryl methyl sites for hydroxylation is 1. The van der Waals surface area contributed by atoms with Crippen LogP contribution >= 0.6 is 12.6 Å². The molecule has 0 aliphatic heterocycles. The van der Waals surface area contributed by atoms with Gasteiger partial charge in [-0.3, -0.25) is 0 Å². The number of aromatic nitrogens is 2. The van der Waals surface area contributed by atoms with Gasteiger partial charge in [-0.15, -0.1) is 0 Å². The van der Waals surface area contributed by atoms with E-state index in [1.54, 1.807) is 4.57 Å². The van der Waals surface area contributed by atoms with Gasteiger partial charge in [0.25, 0.3) is 5.88 Å². The molecule has 1 heterocycles. The summed E-state index contributed by atoms with van der Waals surface area (Å²) in [5.74, 6) is 0.381. The van der Waals surface area contributed by atoms with Crippen LogP contribution in [0.3, 0.4) is 0 Å². The van der Waals surface area contributed by atoms with Crippen molar-refractivity contribution in [2.45, 2.75) is 50.7 Å². The third kappa shape index (κ3) is 1.95. The molecule has 0 unspecified atom stereocenters. The molecule has 0 radical (unpaired) electrons.